The highest BCUT2D eigenvalue weighted by atomic mass is 32.2. The summed E-state index contributed by atoms with van der Waals surface area (Å²) in [6.07, 6.45) is 0.978. The van der Waals surface area contributed by atoms with Crippen molar-refractivity contribution in [2.75, 3.05) is 17.4 Å². The molecule has 0 aromatic heterocycles. The van der Waals surface area contributed by atoms with Gasteiger partial charge < -0.3 is 10.2 Å². The molecule has 0 aliphatic rings. The van der Waals surface area contributed by atoms with Gasteiger partial charge in [0.2, 0.25) is 11.8 Å². The highest BCUT2D eigenvalue weighted by Crippen LogP contribution is 2.28. The lowest BCUT2D eigenvalue weighted by molar-refractivity contribution is -0.140. The van der Waals surface area contributed by atoms with Crippen LogP contribution in [0.4, 0.5) is 5.69 Å². The second-order valence-electron chi connectivity index (χ2n) is 10.3. The minimum atomic E-state index is -4.09. The topological polar surface area (TPSA) is 86.8 Å². The lowest BCUT2D eigenvalue weighted by atomic mass is 10.1. The molecule has 0 radical (unpaired) electrons. The van der Waals surface area contributed by atoms with E-state index in [1.54, 1.807) is 30.3 Å². The van der Waals surface area contributed by atoms with Gasteiger partial charge in [0.15, 0.2) is 0 Å². The summed E-state index contributed by atoms with van der Waals surface area (Å²) in [7, 11) is -4.09. The van der Waals surface area contributed by atoms with Crippen molar-refractivity contribution in [1.82, 2.24) is 10.2 Å². The lowest BCUT2D eigenvalue weighted by Gasteiger charge is -2.34. The Morgan fingerprint density at radius 1 is 0.850 bits per heavy atom. The van der Waals surface area contributed by atoms with E-state index in [4.69, 9.17) is 0 Å². The van der Waals surface area contributed by atoms with Crippen LogP contribution in [0.15, 0.2) is 83.8 Å². The van der Waals surface area contributed by atoms with Gasteiger partial charge in [-0.05, 0) is 60.6 Å². The summed E-state index contributed by atoms with van der Waals surface area (Å²) < 4.78 is 29.2. The second-order valence-corrected chi connectivity index (χ2v) is 12.2. The summed E-state index contributed by atoms with van der Waals surface area (Å²) in [4.78, 5) is 29.2. The zero-order valence-corrected chi connectivity index (χ0v) is 24.9. The number of rotatable bonds is 13. The summed E-state index contributed by atoms with van der Waals surface area (Å²) in [5, 5.41) is 2.96. The standard InChI is InChI=1S/C32H41N3O4S/c1-6-26-16-13-14-20-30(26)35(40(38,39)28-18-9-8-10-19-28)23-31(36)34(22-27-17-12-11-15-25(27)5)29(7-2)32(37)33-21-24(3)4/h8-20,24,29H,6-7,21-23H2,1-5H3,(H,33,37). The summed E-state index contributed by atoms with van der Waals surface area (Å²) >= 11 is 0. The molecule has 2 amide bonds. The van der Waals surface area contributed by atoms with Crippen LogP contribution in [0.25, 0.3) is 0 Å². The number of para-hydroxylation sites is 1. The predicted octanol–water partition coefficient (Wildman–Crippen LogP) is 5.33. The van der Waals surface area contributed by atoms with E-state index in [-0.39, 0.29) is 23.3 Å². The highest BCUT2D eigenvalue weighted by Gasteiger charge is 2.34. The largest absolute Gasteiger partial charge is 0.354 e. The Morgan fingerprint density at radius 3 is 2.05 bits per heavy atom. The smallest absolute Gasteiger partial charge is 0.264 e. The fourth-order valence-corrected chi connectivity index (χ4v) is 6.07. The van der Waals surface area contributed by atoms with Gasteiger partial charge in [-0.25, -0.2) is 8.42 Å². The van der Waals surface area contributed by atoms with Crippen LogP contribution in [0.2, 0.25) is 0 Å². The highest BCUT2D eigenvalue weighted by molar-refractivity contribution is 7.92. The number of anilines is 1. The maximum Gasteiger partial charge on any atom is 0.264 e. The zero-order valence-electron chi connectivity index (χ0n) is 24.1. The van der Waals surface area contributed by atoms with Gasteiger partial charge in [-0.15, -0.1) is 0 Å². The molecule has 0 aliphatic heterocycles. The summed E-state index contributed by atoms with van der Waals surface area (Å²) in [5.41, 5.74) is 3.15. The molecule has 0 spiro atoms. The van der Waals surface area contributed by atoms with Crippen molar-refractivity contribution in [1.29, 1.82) is 0 Å². The van der Waals surface area contributed by atoms with Crippen molar-refractivity contribution in [2.45, 2.75) is 64.9 Å². The maximum atomic E-state index is 14.2. The minimum absolute atomic E-state index is 0.0980. The Bertz CT molecular complexity index is 1390. The van der Waals surface area contributed by atoms with Crippen molar-refractivity contribution in [3.63, 3.8) is 0 Å². The van der Waals surface area contributed by atoms with E-state index in [0.29, 0.717) is 25.1 Å². The first-order chi connectivity index (χ1) is 19.1. The van der Waals surface area contributed by atoms with E-state index >= 15 is 0 Å². The fraction of sp³-hybridized carbons (Fsp3) is 0.375. The van der Waals surface area contributed by atoms with Gasteiger partial charge >= 0.3 is 0 Å². The molecule has 0 heterocycles. The first kappa shape index (κ1) is 30.9. The zero-order chi connectivity index (χ0) is 29.3. The fourth-order valence-electron chi connectivity index (χ4n) is 4.60. The average molecular weight is 564 g/mol. The number of carbonyl (C=O) groups is 2. The molecule has 1 unspecified atom stereocenters. The van der Waals surface area contributed by atoms with Crippen molar-refractivity contribution >= 4 is 27.5 Å². The Morgan fingerprint density at radius 2 is 1.45 bits per heavy atom. The molecule has 0 bridgehead atoms. The summed E-state index contributed by atoms with van der Waals surface area (Å²) in [6, 6.07) is 22.3. The van der Waals surface area contributed by atoms with E-state index in [2.05, 4.69) is 5.32 Å². The molecule has 3 aromatic rings. The lowest BCUT2D eigenvalue weighted by Crippen LogP contribution is -2.52. The monoisotopic (exact) mass is 563 g/mol. The quantitative estimate of drug-likeness (QED) is 0.305. The second kappa shape index (κ2) is 14.1. The maximum absolute atomic E-state index is 14.2. The number of nitrogens with one attached hydrogen (secondary N) is 1. The molecule has 7 nitrogen and oxygen atoms in total. The predicted molar refractivity (Wildman–Crippen MR) is 160 cm³/mol. The average Bonchev–Trinajstić information content (AvgIpc) is 2.95. The molecule has 3 aromatic carbocycles. The Kier molecular flexibility index (Phi) is 10.9. The number of nitrogens with zero attached hydrogens (tertiary/aromatic N) is 2. The van der Waals surface area contributed by atoms with E-state index in [1.807, 2.05) is 71.0 Å². The molecule has 1 atom stereocenters. The van der Waals surface area contributed by atoms with Crippen LogP contribution < -0.4 is 9.62 Å². The van der Waals surface area contributed by atoms with Crippen LogP contribution in [-0.4, -0.2) is 44.3 Å². The SMILES string of the molecule is CCc1ccccc1N(CC(=O)N(Cc1ccccc1C)C(CC)C(=O)NCC(C)C)S(=O)(=O)c1ccccc1. The Labute approximate surface area is 239 Å². The Balaban J connectivity index is 2.08. The van der Waals surface area contributed by atoms with Crippen molar-refractivity contribution < 1.29 is 18.0 Å². The first-order valence-corrected chi connectivity index (χ1v) is 15.3. The molecule has 8 heteroatoms. The van der Waals surface area contributed by atoms with Crippen LogP contribution in [0, 0.1) is 12.8 Å². The van der Waals surface area contributed by atoms with Gasteiger partial charge in [0.25, 0.3) is 10.0 Å². The molecular weight excluding hydrogens is 522 g/mol. The van der Waals surface area contributed by atoms with Gasteiger partial charge in [-0.1, -0.05) is 88.4 Å². The first-order valence-electron chi connectivity index (χ1n) is 13.9. The van der Waals surface area contributed by atoms with Gasteiger partial charge in [0.1, 0.15) is 12.6 Å². The minimum Gasteiger partial charge on any atom is -0.354 e. The molecule has 0 aliphatic carbocycles. The molecular formula is C32H41N3O4S. The number of amides is 2. The van der Waals surface area contributed by atoms with Crippen LogP contribution in [0.5, 0.6) is 0 Å². The van der Waals surface area contributed by atoms with Crippen molar-refractivity contribution in [3.8, 4) is 0 Å². The number of benzene rings is 3. The van der Waals surface area contributed by atoms with Crippen LogP contribution in [0.1, 0.15) is 50.8 Å². The third-order valence-corrected chi connectivity index (χ3v) is 8.70. The van der Waals surface area contributed by atoms with Crippen molar-refractivity contribution in [3.05, 3.63) is 95.6 Å². The van der Waals surface area contributed by atoms with Crippen molar-refractivity contribution in [2.24, 2.45) is 5.92 Å². The van der Waals surface area contributed by atoms with E-state index < -0.39 is 28.5 Å². The Hall–Kier alpha value is -3.65. The van der Waals surface area contributed by atoms with Crippen LogP contribution >= 0.6 is 0 Å². The van der Waals surface area contributed by atoms with Gasteiger partial charge in [0.05, 0.1) is 10.6 Å². The molecule has 0 fully saturated rings. The third-order valence-electron chi connectivity index (χ3n) is 6.92. The molecule has 3 rings (SSSR count). The molecule has 0 saturated carbocycles. The molecule has 0 saturated heterocycles. The summed E-state index contributed by atoms with van der Waals surface area (Å²) in [6.45, 7) is 10.0. The number of sulfonamides is 1. The third kappa shape index (κ3) is 7.50. The molecule has 1 N–H and O–H groups in total. The summed E-state index contributed by atoms with van der Waals surface area (Å²) in [5.74, 6) is -0.441. The van der Waals surface area contributed by atoms with E-state index in [1.165, 1.54) is 21.3 Å². The van der Waals surface area contributed by atoms with Crippen LogP contribution in [-0.2, 0) is 32.6 Å². The number of aryl methyl sites for hydroxylation is 2. The number of hydrogen-bond acceptors (Lipinski definition) is 4. The van der Waals surface area contributed by atoms with Gasteiger partial charge in [-0.2, -0.15) is 0 Å². The van der Waals surface area contributed by atoms with Gasteiger partial charge in [-0.3, -0.25) is 13.9 Å². The van der Waals surface area contributed by atoms with Gasteiger partial charge in [0, 0.05) is 13.1 Å². The van der Waals surface area contributed by atoms with E-state index in [0.717, 1.165) is 16.7 Å². The number of carbonyl (C=O) groups excluding carboxylic acids is 2. The molecule has 40 heavy (non-hydrogen) atoms. The van der Waals surface area contributed by atoms with E-state index in [9.17, 15) is 18.0 Å². The normalized spacial score (nSPS) is 12.2. The van der Waals surface area contributed by atoms with Crippen LogP contribution in [0.3, 0.4) is 0 Å². The molecule has 214 valence electrons. The number of hydrogen-bond donors (Lipinski definition) is 1.